The van der Waals surface area contributed by atoms with Crippen molar-refractivity contribution < 1.29 is 18.7 Å². The van der Waals surface area contributed by atoms with E-state index in [1.165, 1.54) is 18.4 Å². The zero-order chi connectivity index (χ0) is 15.5. The summed E-state index contributed by atoms with van der Waals surface area (Å²) in [4.78, 5) is 26.3. The van der Waals surface area contributed by atoms with Gasteiger partial charge in [0.15, 0.2) is 0 Å². The molecule has 0 radical (unpaired) electrons. The molecule has 6 nitrogen and oxygen atoms in total. The number of carbonyl (C=O) groups is 2. The maximum Gasteiger partial charge on any atom is 0.350 e. The van der Waals surface area contributed by atoms with E-state index in [9.17, 15) is 9.59 Å². The Morgan fingerprint density at radius 1 is 1.45 bits per heavy atom. The molecule has 2 aromatic heterocycles. The van der Waals surface area contributed by atoms with E-state index in [2.05, 4.69) is 5.32 Å². The summed E-state index contributed by atoms with van der Waals surface area (Å²) in [6.45, 7) is 0.662. The molecule has 1 atom stereocenters. The Hall–Kier alpha value is -2.28. The first-order valence-corrected chi connectivity index (χ1v) is 7.85. The maximum absolute atomic E-state index is 12.5. The number of nitrogens with zero attached hydrogens (tertiary/aromatic N) is 1. The van der Waals surface area contributed by atoms with E-state index in [1.807, 2.05) is 12.1 Å². The van der Waals surface area contributed by atoms with Gasteiger partial charge in [-0.3, -0.25) is 0 Å². The fraction of sp³-hybridized carbons (Fsp3) is 0.333. The maximum atomic E-state index is 12.5. The summed E-state index contributed by atoms with van der Waals surface area (Å²) in [5.74, 6) is 0.334. The van der Waals surface area contributed by atoms with Crippen molar-refractivity contribution in [3.63, 3.8) is 0 Å². The summed E-state index contributed by atoms with van der Waals surface area (Å²) in [6, 6.07) is 5.10. The van der Waals surface area contributed by atoms with Crippen LogP contribution in [0.5, 0.6) is 0 Å². The van der Waals surface area contributed by atoms with E-state index >= 15 is 0 Å². The lowest BCUT2D eigenvalue weighted by Gasteiger charge is -2.23. The van der Waals surface area contributed by atoms with E-state index in [4.69, 9.17) is 9.15 Å². The Balaban J connectivity index is 1.74. The van der Waals surface area contributed by atoms with Gasteiger partial charge in [-0.05, 0) is 36.4 Å². The lowest BCUT2D eigenvalue weighted by molar-refractivity contribution is 0.0607. The summed E-state index contributed by atoms with van der Waals surface area (Å²) >= 11 is 1.24. The summed E-state index contributed by atoms with van der Waals surface area (Å²) in [5.41, 5.74) is 0.479. The van der Waals surface area contributed by atoms with Crippen LogP contribution in [-0.4, -0.2) is 30.6 Å². The molecule has 1 unspecified atom stereocenters. The van der Waals surface area contributed by atoms with Crippen LogP contribution < -0.4 is 5.32 Å². The van der Waals surface area contributed by atoms with Crippen molar-refractivity contribution in [2.24, 2.45) is 0 Å². The largest absolute Gasteiger partial charge is 0.467 e. The van der Waals surface area contributed by atoms with Gasteiger partial charge in [0.2, 0.25) is 0 Å². The van der Waals surface area contributed by atoms with Gasteiger partial charge in [0, 0.05) is 6.54 Å². The second kappa shape index (κ2) is 6.23. The summed E-state index contributed by atoms with van der Waals surface area (Å²) in [7, 11) is 1.32. The van der Waals surface area contributed by atoms with Crippen LogP contribution in [0.1, 0.15) is 34.3 Å². The van der Waals surface area contributed by atoms with Crippen LogP contribution in [0.25, 0.3) is 0 Å². The molecule has 1 N–H and O–H groups in total. The average molecular weight is 320 g/mol. The molecule has 0 bridgehead atoms. The van der Waals surface area contributed by atoms with Crippen LogP contribution in [0.15, 0.2) is 34.3 Å². The van der Waals surface area contributed by atoms with Gasteiger partial charge in [-0.15, -0.1) is 11.3 Å². The molecule has 2 aromatic rings. The number of ether oxygens (including phenoxy) is 1. The minimum absolute atomic E-state index is 0.0600. The van der Waals surface area contributed by atoms with E-state index in [0.29, 0.717) is 17.1 Å². The standard InChI is InChI=1S/C15H16N2O4S/c1-20-14(18)13-10(6-9-22-13)16-15(19)17-7-2-4-11(17)12-5-3-8-21-12/h3,5-6,8-9,11H,2,4,7H2,1H3,(H,16,19). The lowest BCUT2D eigenvalue weighted by Crippen LogP contribution is -2.34. The van der Waals surface area contributed by atoms with E-state index in [0.717, 1.165) is 18.6 Å². The normalized spacial score (nSPS) is 17.5. The molecule has 0 aromatic carbocycles. The Morgan fingerprint density at radius 3 is 3.05 bits per heavy atom. The SMILES string of the molecule is COC(=O)c1sccc1NC(=O)N1CCCC1c1ccco1. The first kappa shape index (κ1) is 14.6. The van der Waals surface area contributed by atoms with Crippen molar-refractivity contribution in [3.8, 4) is 0 Å². The highest BCUT2D eigenvalue weighted by molar-refractivity contribution is 7.12. The van der Waals surface area contributed by atoms with Crippen LogP contribution >= 0.6 is 11.3 Å². The molecule has 1 fully saturated rings. The van der Waals surface area contributed by atoms with Crippen LogP contribution in [0.3, 0.4) is 0 Å². The number of hydrogen-bond acceptors (Lipinski definition) is 5. The van der Waals surface area contributed by atoms with E-state index in [1.54, 1.807) is 22.6 Å². The van der Waals surface area contributed by atoms with Crippen LogP contribution in [0.4, 0.5) is 10.5 Å². The van der Waals surface area contributed by atoms with Crippen molar-refractivity contribution in [1.29, 1.82) is 0 Å². The van der Waals surface area contributed by atoms with Gasteiger partial charge in [0.1, 0.15) is 10.6 Å². The van der Waals surface area contributed by atoms with Gasteiger partial charge < -0.3 is 19.4 Å². The number of hydrogen-bond donors (Lipinski definition) is 1. The smallest absolute Gasteiger partial charge is 0.350 e. The lowest BCUT2D eigenvalue weighted by atomic mass is 10.2. The molecule has 22 heavy (non-hydrogen) atoms. The number of amides is 2. The van der Waals surface area contributed by atoms with Gasteiger partial charge >= 0.3 is 12.0 Å². The predicted octanol–water partition coefficient (Wildman–Crippen LogP) is 3.50. The molecule has 0 spiro atoms. The number of esters is 1. The van der Waals surface area contributed by atoms with Crippen molar-refractivity contribution in [2.75, 3.05) is 19.0 Å². The van der Waals surface area contributed by atoms with Crippen LogP contribution in [0, 0.1) is 0 Å². The molecule has 1 saturated heterocycles. The predicted molar refractivity (Wildman–Crippen MR) is 82.1 cm³/mol. The van der Waals surface area contributed by atoms with Gasteiger partial charge in [0.05, 0.1) is 25.1 Å². The monoisotopic (exact) mass is 320 g/mol. The van der Waals surface area contributed by atoms with Gasteiger partial charge in [-0.2, -0.15) is 0 Å². The molecule has 0 saturated carbocycles. The van der Waals surface area contributed by atoms with Gasteiger partial charge in [-0.1, -0.05) is 0 Å². The number of thiophene rings is 1. The number of methoxy groups -OCH3 is 1. The number of rotatable bonds is 3. The Labute approximate surface area is 131 Å². The highest BCUT2D eigenvalue weighted by atomic mass is 32.1. The third kappa shape index (κ3) is 2.71. The molecule has 1 aliphatic heterocycles. The number of anilines is 1. The zero-order valence-corrected chi connectivity index (χ0v) is 12.9. The summed E-state index contributed by atoms with van der Waals surface area (Å²) in [6.07, 6.45) is 3.40. The second-order valence-corrected chi connectivity index (χ2v) is 5.87. The van der Waals surface area contributed by atoms with Gasteiger partial charge in [0.25, 0.3) is 0 Å². The third-order valence-corrected chi connectivity index (χ3v) is 4.56. The Morgan fingerprint density at radius 2 is 2.32 bits per heavy atom. The first-order chi connectivity index (χ1) is 10.7. The zero-order valence-electron chi connectivity index (χ0n) is 12.1. The number of carbonyl (C=O) groups excluding carboxylic acids is 2. The quantitative estimate of drug-likeness (QED) is 0.879. The minimum atomic E-state index is -0.450. The van der Waals surface area contributed by atoms with Crippen molar-refractivity contribution >= 4 is 29.0 Å². The summed E-state index contributed by atoms with van der Waals surface area (Å²) < 4.78 is 10.1. The van der Waals surface area contributed by atoms with E-state index < -0.39 is 5.97 Å². The number of nitrogens with one attached hydrogen (secondary N) is 1. The number of likely N-dealkylation sites (tertiary alicyclic amines) is 1. The molecule has 1 aliphatic rings. The second-order valence-electron chi connectivity index (χ2n) is 4.95. The topological polar surface area (TPSA) is 71.8 Å². The minimum Gasteiger partial charge on any atom is -0.467 e. The molecule has 0 aliphatic carbocycles. The summed E-state index contributed by atoms with van der Waals surface area (Å²) in [5, 5.41) is 4.54. The average Bonchev–Trinajstić information content (AvgIpc) is 3.25. The molecule has 3 heterocycles. The fourth-order valence-electron chi connectivity index (χ4n) is 2.63. The number of urea groups is 1. The van der Waals surface area contributed by atoms with Gasteiger partial charge in [-0.25, -0.2) is 9.59 Å². The Kier molecular flexibility index (Phi) is 4.15. The third-order valence-electron chi connectivity index (χ3n) is 3.66. The molecular formula is C15H16N2O4S. The fourth-order valence-corrected chi connectivity index (χ4v) is 3.40. The van der Waals surface area contributed by atoms with Crippen molar-refractivity contribution in [3.05, 3.63) is 40.5 Å². The highest BCUT2D eigenvalue weighted by Gasteiger charge is 2.32. The molecule has 3 rings (SSSR count). The van der Waals surface area contributed by atoms with E-state index in [-0.39, 0.29) is 12.1 Å². The number of furan rings is 1. The Bertz CT molecular complexity index is 665. The molecular weight excluding hydrogens is 304 g/mol. The van der Waals surface area contributed by atoms with Crippen molar-refractivity contribution in [1.82, 2.24) is 4.90 Å². The highest BCUT2D eigenvalue weighted by Crippen LogP contribution is 2.33. The van der Waals surface area contributed by atoms with Crippen molar-refractivity contribution in [2.45, 2.75) is 18.9 Å². The molecule has 7 heteroatoms. The van der Waals surface area contributed by atoms with Crippen LogP contribution in [-0.2, 0) is 4.74 Å². The first-order valence-electron chi connectivity index (χ1n) is 6.97. The van der Waals surface area contributed by atoms with Crippen LogP contribution in [0.2, 0.25) is 0 Å². The molecule has 2 amide bonds. The molecule has 116 valence electrons.